The summed E-state index contributed by atoms with van der Waals surface area (Å²) in [5, 5.41) is 12.3. The number of amides is 1. The maximum atomic E-state index is 12.3. The van der Waals surface area contributed by atoms with Crippen LogP contribution in [0.3, 0.4) is 0 Å². The van der Waals surface area contributed by atoms with Crippen LogP contribution in [0.2, 0.25) is 5.02 Å². The molecule has 1 aromatic heterocycles. The van der Waals surface area contributed by atoms with E-state index in [-0.39, 0.29) is 16.6 Å². The van der Waals surface area contributed by atoms with Gasteiger partial charge in [0.2, 0.25) is 0 Å². The van der Waals surface area contributed by atoms with Gasteiger partial charge in [-0.05, 0) is 43.1 Å². The van der Waals surface area contributed by atoms with E-state index < -0.39 is 4.92 Å². The van der Waals surface area contributed by atoms with Gasteiger partial charge in [-0.2, -0.15) is 4.99 Å². The molecule has 0 N–H and O–H groups in total. The minimum atomic E-state index is -0.506. The van der Waals surface area contributed by atoms with Gasteiger partial charge in [-0.3, -0.25) is 14.9 Å². The number of hydrogen-bond donors (Lipinski definition) is 0. The largest absolute Gasteiger partial charge is 0.456 e. The van der Waals surface area contributed by atoms with Gasteiger partial charge >= 0.3 is 0 Å². The zero-order chi connectivity index (χ0) is 20.5. The molecule has 0 radical (unpaired) electrons. The van der Waals surface area contributed by atoms with Crippen molar-refractivity contribution in [3.05, 3.63) is 56.1 Å². The number of carbonyl (C=O) groups excluding carboxylic acids is 1. The lowest BCUT2D eigenvalue weighted by molar-refractivity contribution is -0.384. The molecule has 8 nitrogen and oxygen atoms in total. The smallest absolute Gasteiger partial charge is 0.286 e. The third-order valence-electron chi connectivity index (χ3n) is 4.71. The Balaban J connectivity index is 1.53. The Morgan fingerprint density at radius 2 is 2.00 bits per heavy atom. The van der Waals surface area contributed by atoms with Crippen molar-refractivity contribution in [1.82, 2.24) is 9.80 Å². The van der Waals surface area contributed by atoms with Crippen LogP contribution in [0.5, 0.6) is 0 Å². The van der Waals surface area contributed by atoms with Gasteiger partial charge in [0, 0.05) is 43.3 Å². The summed E-state index contributed by atoms with van der Waals surface area (Å²) in [5.74, 6) is 0.449. The molecule has 1 fully saturated rings. The fraction of sp³-hybridized carbons (Fsp3) is 0.263. The molecule has 1 saturated heterocycles. The number of carbonyl (C=O) groups is 1. The lowest BCUT2D eigenvalue weighted by atomic mass is 10.1. The van der Waals surface area contributed by atoms with Gasteiger partial charge in [0.05, 0.1) is 15.4 Å². The maximum absolute atomic E-state index is 12.3. The molecule has 1 amide bonds. The average molecular weight is 433 g/mol. The Kier molecular flexibility index (Phi) is 5.44. The van der Waals surface area contributed by atoms with E-state index in [9.17, 15) is 14.9 Å². The molecule has 10 heteroatoms. The van der Waals surface area contributed by atoms with Crippen molar-refractivity contribution in [2.24, 2.45) is 4.99 Å². The van der Waals surface area contributed by atoms with Crippen LogP contribution in [0.4, 0.5) is 5.69 Å². The number of nitro groups is 1. The number of piperazine rings is 1. The number of benzene rings is 1. The second-order valence-corrected chi connectivity index (χ2v) is 8.17. The second kappa shape index (κ2) is 8.02. The van der Waals surface area contributed by atoms with Gasteiger partial charge in [0.1, 0.15) is 11.5 Å². The summed E-state index contributed by atoms with van der Waals surface area (Å²) < 4.78 is 5.74. The predicted molar refractivity (Wildman–Crippen MR) is 113 cm³/mol. The Bertz CT molecular complexity index is 1040. The van der Waals surface area contributed by atoms with Crippen molar-refractivity contribution in [2.75, 3.05) is 33.2 Å². The highest BCUT2D eigenvalue weighted by atomic mass is 35.5. The summed E-state index contributed by atoms with van der Waals surface area (Å²) in [6.45, 7) is 3.50. The summed E-state index contributed by atoms with van der Waals surface area (Å²) in [6.07, 6.45) is 1.62. The van der Waals surface area contributed by atoms with Crippen LogP contribution in [0.1, 0.15) is 5.76 Å². The summed E-state index contributed by atoms with van der Waals surface area (Å²) in [5.41, 5.74) is 0.182. The molecule has 0 atom stereocenters. The lowest BCUT2D eigenvalue weighted by Crippen LogP contribution is -2.46. The molecule has 3 heterocycles. The average Bonchev–Trinajstić information content (AvgIpc) is 3.29. The summed E-state index contributed by atoms with van der Waals surface area (Å²) in [7, 11) is 2.07. The standard InChI is InChI=1S/C19H17ClN4O4S/c1-22-6-8-23(9-7-22)19-21-18(25)17(29-19)11-13-3-5-16(28-13)14-4-2-12(20)10-15(14)24(26)27/h2-5,10-11H,6-9H2,1H3. The zero-order valence-corrected chi connectivity index (χ0v) is 17.1. The molecule has 0 bridgehead atoms. The van der Waals surface area contributed by atoms with Crippen LogP contribution < -0.4 is 0 Å². The number of thioether (sulfide) groups is 1. The number of rotatable bonds is 3. The van der Waals surface area contributed by atoms with E-state index in [4.69, 9.17) is 16.0 Å². The van der Waals surface area contributed by atoms with E-state index in [2.05, 4.69) is 21.8 Å². The van der Waals surface area contributed by atoms with Crippen LogP contribution in [-0.4, -0.2) is 59.0 Å². The fourth-order valence-corrected chi connectivity index (χ4v) is 4.21. The highest BCUT2D eigenvalue weighted by molar-refractivity contribution is 8.18. The number of halogens is 1. The van der Waals surface area contributed by atoms with Crippen molar-refractivity contribution >= 4 is 46.2 Å². The first kappa shape index (κ1) is 19.7. The van der Waals surface area contributed by atoms with Crippen molar-refractivity contribution in [1.29, 1.82) is 0 Å². The normalized spacial score (nSPS) is 19.1. The number of furan rings is 1. The highest BCUT2D eigenvalue weighted by Crippen LogP contribution is 2.35. The lowest BCUT2D eigenvalue weighted by Gasteiger charge is -2.32. The van der Waals surface area contributed by atoms with E-state index in [1.54, 1.807) is 30.3 Å². The SMILES string of the molecule is CN1CCN(C2=NC(=O)C(=Cc3ccc(-c4ccc(Cl)cc4[N+](=O)[O-])o3)S2)CC1. The Labute approximate surface area is 176 Å². The molecular formula is C19H17ClN4O4S. The zero-order valence-electron chi connectivity index (χ0n) is 15.5. The summed E-state index contributed by atoms with van der Waals surface area (Å²) >= 11 is 7.18. The molecule has 2 aliphatic heterocycles. The number of likely N-dealkylation sites (N-methyl/N-ethyl adjacent to an activating group) is 1. The van der Waals surface area contributed by atoms with Gasteiger partial charge in [0.25, 0.3) is 11.6 Å². The van der Waals surface area contributed by atoms with Gasteiger partial charge in [-0.25, -0.2) is 0 Å². The van der Waals surface area contributed by atoms with Gasteiger partial charge in [0.15, 0.2) is 5.17 Å². The number of hydrogen-bond acceptors (Lipinski definition) is 7. The molecule has 2 aromatic rings. The minimum Gasteiger partial charge on any atom is -0.456 e. The number of nitrogens with zero attached hydrogens (tertiary/aromatic N) is 4. The predicted octanol–water partition coefficient (Wildman–Crippen LogP) is 3.73. The van der Waals surface area contributed by atoms with Crippen LogP contribution in [0.25, 0.3) is 17.4 Å². The Hall–Kier alpha value is -2.62. The summed E-state index contributed by atoms with van der Waals surface area (Å²) in [6, 6.07) is 7.69. The number of nitro benzene ring substituents is 1. The monoisotopic (exact) mass is 432 g/mol. The van der Waals surface area contributed by atoms with Crippen molar-refractivity contribution in [3.63, 3.8) is 0 Å². The van der Waals surface area contributed by atoms with Crippen molar-refractivity contribution < 1.29 is 14.1 Å². The van der Waals surface area contributed by atoms with Crippen LogP contribution in [-0.2, 0) is 4.79 Å². The molecule has 0 unspecified atom stereocenters. The van der Waals surface area contributed by atoms with E-state index in [1.807, 2.05) is 0 Å². The minimum absolute atomic E-state index is 0.141. The molecular weight excluding hydrogens is 416 g/mol. The molecule has 0 saturated carbocycles. The molecule has 29 heavy (non-hydrogen) atoms. The van der Waals surface area contributed by atoms with Gasteiger partial charge < -0.3 is 14.2 Å². The van der Waals surface area contributed by atoms with E-state index in [0.29, 0.717) is 27.2 Å². The fourth-order valence-electron chi connectivity index (χ4n) is 3.10. The molecule has 2 aliphatic rings. The van der Waals surface area contributed by atoms with E-state index >= 15 is 0 Å². The quantitative estimate of drug-likeness (QED) is 0.414. The van der Waals surface area contributed by atoms with Crippen LogP contribution in [0, 0.1) is 10.1 Å². The molecule has 0 spiro atoms. The number of aliphatic imine (C=N–C) groups is 1. The first-order valence-corrected chi connectivity index (χ1v) is 10.1. The molecule has 4 rings (SSSR count). The Morgan fingerprint density at radius 1 is 1.24 bits per heavy atom. The van der Waals surface area contributed by atoms with Gasteiger partial charge in [-0.15, -0.1) is 0 Å². The molecule has 0 aliphatic carbocycles. The number of amidine groups is 1. The summed E-state index contributed by atoms with van der Waals surface area (Å²) in [4.78, 5) is 32.1. The second-order valence-electron chi connectivity index (χ2n) is 6.72. The topological polar surface area (TPSA) is 92.2 Å². The Morgan fingerprint density at radius 3 is 2.72 bits per heavy atom. The first-order valence-electron chi connectivity index (χ1n) is 8.91. The van der Waals surface area contributed by atoms with E-state index in [1.165, 1.54) is 17.8 Å². The van der Waals surface area contributed by atoms with Crippen LogP contribution >= 0.6 is 23.4 Å². The van der Waals surface area contributed by atoms with Crippen LogP contribution in [0.15, 0.2) is 44.6 Å². The van der Waals surface area contributed by atoms with E-state index in [0.717, 1.165) is 26.2 Å². The van der Waals surface area contributed by atoms with Gasteiger partial charge in [-0.1, -0.05) is 11.6 Å². The molecule has 1 aromatic carbocycles. The van der Waals surface area contributed by atoms with Crippen molar-refractivity contribution in [2.45, 2.75) is 0 Å². The van der Waals surface area contributed by atoms with Crippen molar-refractivity contribution in [3.8, 4) is 11.3 Å². The third kappa shape index (κ3) is 4.21. The highest BCUT2D eigenvalue weighted by Gasteiger charge is 2.28. The maximum Gasteiger partial charge on any atom is 0.286 e. The molecule has 150 valence electrons. The first-order chi connectivity index (χ1) is 13.9. The third-order valence-corrected chi connectivity index (χ3v) is 5.98.